The summed E-state index contributed by atoms with van der Waals surface area (Å²) in [6, 6.07) is 8.88. The first kappa shape index (κ1) is 14.4. The number of piperidine rings is 1. The molecule has 1 N–H and O–H groups in total. The van der Waals surface area contributed by atoms with Crippen LogP contribution in [0, 0.1) is 5.92 Å². The lowest BCUT2D eigenvalue weighted by Crippen LogP contribution is -2.36. The summed E-state index contributed by atoms with van der Waals surface area (Å²) in [6.07, 6.45) is 2.70. The maximum Gasteiger partial charge on any atom is 0.0361 e. The molecule has 3 nitrogen and oxygen atoms in total. The number of rotatable bonds is 5. The molecule has 1 aliphatic heterocycles. The van der Waals surface area contributed by atoms with Crippen LogP contribution in [-0.2, 0) is 6.54 Å². The quantitative estimate of drug-likeness (QED) is 0.876. The van der Waals surface area contributed by atoms with Gasteiger partial charge in [0.1, 0.15) is 0 Å². The first-order valence-electron chi connectivity index (χ1n) is 7.30. The Labute approximate surface area is 117 Å². The van der Waals surface area contributed by atoms with Crippen LogP contribution in [0.5, 0.6) is 0 Å². The number of benzene rings is 1. The molecular weight excluding hydrogens is 234 g/mol. The SMILES string of the molecule is CN(Cc1ccc(N(C)C)cc1)CC1CCCNC1. The lowest BCUT2D eigenvalue weighted by molar-refractivity contribution is 0.237. The van der Waals surface area contributed by atoms with Gasteiger partial charge in [-0.2, -0.15) is 0 Å². The van der Waals surface area contributed by atoms with Crippen LogP contribution in [0.3, 0.4) is 0 Å². The molecule has 1 aliphatic rings. The highest BCUT2D eigenvalue weighted by atomic mass is 15.1. The molecule has 0 saturated carbocycles. The highest BCUT2D eigenvalue weighted by molar-refractivity contribution is 5.45. The van der Waals surface area contributed by atoms with E-state index in [2.05, 4.69) is 60.5 Å². The molecule has 3 heteroatoms. The summed E-state index contributed by atoms with van der Waals surface area (Å²) in [5, 5.41) is 3.49. The third-order valence-electron chi connectivity index (χ3n) is 3.87. The standard InChI is InChI=1S/C16H27N3/c1-18(2)16-8-6-14(7-9-16)12-19(3)13-15-5-4-10-17-11-15/h6-9,15,17H,4-5,10-13H2,1-3H3. The molecule has 1 unspecified atom stereocenters. The second-order valence-electron chi connectivity index (χ2n) is 5.97. The van der Waals surface area contributed by atoms with Gasteiger partial charge in [-0.25, -0.2) is 0 Å². The van der Waals surface area contributed by atoms with Crippen molar-refractivity contribution in [3.8, 4) is 0 Å². The van der Waals surface area contributed by atoms with Crippen molar-refractivity contribution in [3.05, 3.63) is 29.8 Å². The molecule has 0 aromatic heterocycles. The molecule has 19 heavy (non-hydrogen) atoms. The first-order chi connectivity index (χ1) is 9.15. The molecule has 0 amide bonds. The Bertz CT molecular complexity index is 366. The fraction of sp³-hybridized carbons (Fsp3) is 0.625. The van der Waals surface area contributed by atoms with Gasteiger partial charge in [0.2, 0.25) is 0 Å². The maximum atomic E-state index is 3.49. The van der Waals surface area contributed by atoms with Crippen molar-refractivity contribution in [3.63, 3.8) is 0 Å². The molecule has 2 rings (SSSR count). The Morgan fingerprint density at radius 1 is 1.16 bits per heavy atom. The minimum atomic E-state index is 0.819. The zero-order chi connectivity index (χ0) is 13.7. The van der Waals surface area contributed by atoms with E-state index in [1.165, 1.54) is 43.7 Å². The van der Waals surface area contributed by atoms with Crippen molar-refractivity contribution in [2.75, 3.05) is 45.7 Å². The number of anilines is 1. The summed E-state index contributed by atoms with van der Waals surface area (Å²) in [4.78, 5) is 4.59. The minimum absolute atomic E-state index is 0.819. The van der Waals surface area contributed by atoms with E-state index in [0.29, 0.717) is 0 Å². The molecule has 0 radical (unpaired) electrons. The van der Waals surface area contributed by atoms with Gasteiger partial charge in [0.25, 0.3) is 0 Å². The van der Waals surface area contributed by atoms with Crippen LogP contribution in [0.4, 0.5) is 5.69 Å². The van der Waals surface area contributed by atoms with E-state index in [4.69, 9.17) is 0 Å². The topological polar surface area (TPSA) is 18.5 Å². The average molecular weight is 261 g/mol. The predicted molar refractivity (Wildman–Crippen MR) is 82.7 cm³/mol. The molecule has 0 aliphatic carbocycles. The van der Waals surface area contributed by atoms with Crippen LogP contribution < -0.4 is 10.2 Å². The highest BCUT2D eigenvalue weighted by Crippen LogP contribution is 2.15. The average Bonchev–Trinajstić information content (AvgIpc) is 2.40. The molecule has 1 aromatic rings. The van der Waals surface area contributed by atoms with E-state index in [1.54, 1.807) is 0 Å². The van der Waals surface area contributed by atoms with Gasteiger partial charge in [-0.05, 0) is 56.6 Å². The van der Waals surface area contributed by atoms with Crippen molar-refractivity contribution in [1.82, 2.24) is 10.2 Å². The zero-order valence-corrected chi connectivity index (χ0v) is 12.5. The van der Waals surface area contributed by atoms with Gasteiger partial charge < -0.3 is 15.1 Å². The van der Waals surface area contributed by atoms with Gasteiger partial charge in [-0.3, -0.25) is 0 Å². The Morgan fingerprint density at radius 3 is 2.47 bits per heavy atom. The van der Waals surface area contributed by atoms with Crippen molar-refractivity contribution in [2.24, 2.45) is 5.92 Å². The molecule has 0 spiro atoms. The molecule has 106 valence electrons. The van der Waals surface area contributed by atoms with Gasteiger partial charge in [0, 0.05) is 32.9 Å². The van der Waals surface area contributed by atoms with Crippen molar-refractivity contribution in [1.29, 1.82) is 0 Å². The first-order valence-corrected chi connectivity index (χ1v) is 7.30. The van der Waals surface area contributed by atoms with E-state index in [-0.39, 0.29) is 0 Å². The van der Waals surface area contributed by atoms with E-state index in [9.17, 15) is 0 Å². The van der Waals surface area contributed by atoms with E-state index in [0.717, 1.165) is 12.5 Å². The molecule has 1 fully saturated rings. The molecule has 1 saturated heterocycles. The van der Waals surface area contributed by atoms with Crippen LogP contribution in [0.2, 0.25) is 0 Å². The van der Waals surface area contributed by atoms with Crippen molar-refractivity contribution in [2.45, 2.75) is 19.4 Å². The fourth-order valence-corrected chi connectivity index (χ4v) is 2.80. The van der Waals surface area contributed by atoms with Crippen LogP contribution in [-0.4, -0.2) is 45.7 Å². The number of nitrogens with zero attached hydrogens (tertiary/aromatic N) is 2. The summed E-state index contributed by atoms with van der Waals surface area (Å²) in [5.41, 5.74) is 2.67. The molecule has 0 bridgehead atoms. The predicted octanol–water partition coefficient (Wildman–Crippen LogP) is 2.18. The lowest BCUT2D eigenvalue weighted by atomic mass is 9.99. The molecule has 1 aromatic carbocycles. The summed E-state index contributed by atoms with van der Waals surface area (Å²) < 4.78 is 0. The molecular formula is C16H27N3. The van der Waals surface area contributed by atoms with Gasteiger partial charge in [-0.1, -0.05) is 12.1 Å². The summed E-state index contributed by atoms with van der Waals surface area (Å²) >= 11 is 0. The Hall–Kier alpha value is -1.06. The third kappa shape index (κ3) is 4.51. The monoisotopic (exact) mass is 261 g/mol. The Kier molecular flexibility index (Phi) is 5.23. The Balaban J connectivity index is 1.82. The van der Waals surface area contributed by atoms with Gasteiger partial charge in [0.05, 0.1) is 0 Å². The largest absolute Gasteiger partial charge is 0.378 e. The van der Waals surface area contributed by atoms with Crippen molar-refractivity contribution < 1.29 is 0 Å². The normalized spacial score (nSPS) is 19.7. The smallest absolute Gasteiger partial charge is 0.0361 e. The lowest BCUT2D eigenvalue weighted by Gasteiger charge is -2.27. The highest BCUT2D eigenvalue weighted by Gasteiger charge is 2.14. The maximum absolute atomic E-state index is 3.49. The van der Waals surface area contributed by atoms with Crippen LogP contribution in [0.15, 0.2) is 24.3 Å². The second-order valence-corrected chi connectivity index (χ2v) is 5.97. The number of nitrogens with one attached hydrogen (secondary N) is 1. The second kappa shape index (κ2) is 6.92. The summed E-state index contributed by atoms with van der Waals surface area (Å²) in [5.74, 6) is 0.819. The van der Waals surface area contributed by atoms with Gasteiger partial charge in [0.15, 0.2) is 0 Å². The number of hydrogen-bond acceptors (Lipinski definition) is 3. The van der Waals surface area contributed by atoms with Crippen LogP contribution in [0.1, 0.15) is 18.4 Å². The zero-order valence-electron chi connectivity index (χ0n) is 12.5. The van der Waals surface area contributed by atoms with Crippen LogP contribution >= 0.6 is 0 Å². The van der Waals surface area contributed by atoms with Crippen molar-refractivity contribution >= 4 is 5.69 Å². The molecule has 1 heterocycles. The third-order valence-corrected chi connectivity index (χ3v) is 3.87. The Morgan fingerprint density at radius 2 is 1.89 bits per heavy atom. The van der Waals surface area contributed by atoms with E-state index < -0.39 is 0 Å². The minimum Gasteiger partial charge on any atom is -0.378 e. The summed E-state index contributed by atoms with van der Waals surface area (Å²) in [7, 11) is 6.39. The van der Waals surface area contributed by atoms with Gasteiger partial charge >= 0.3 is 0 Å². The van der Waals surface area contributed by atoms with Gasteiger partial charge in [-0.15, -0.1) is 0 Å². The van der Waals surface area contributed by atoms with E-state index in [1.807, 2.05) is 0 Å². The van der Waals surface area contributed by atoms with E-state index >= 15 is 0 Å². The fourth-order valence-electron chi connectivity index (χ4n) is 2.80. The number of hydrogen-bond donors (Lipinski definition) is 1. The van der Waals surface area contributed by atoms with Crippen LogP contribution in [0.25, 0.3) is 0 Å². The summed E-state index contributed by atoms with van der Waals surface area (Å²) in [6.45, 7) is 4.63. The molecule has 1 atom stereocenters.